The fourth-order valence-electron chi connectivity index (χ4n) is 2.01. The standard InChI is InChI=1S/C14H15N3O7S2/c1-15-25(20,21)11-5-3-10(4-6-11)16-26(22,23)12-7-8-14(24-2)13(9-12)17(18)19/h3-9,15-16H,1-2H3. The van der Waals surface area contributed by atoms with E-state index in [4.69, 9.17) is 4.74 Å². The molecule has 0 amide bonds. The van der Waals surface area contributed by atoms with E-state index in [1.54, 1.807) is 0 Å². The lowest BCUT2D eigenvalue weighted by atomic mass is 10.3. The van der Waals surface area contributed by atoms with Crippen LogP contribution >= 0.6 is 0 Å². The van der Waals surface area contributed by atoms with Crippen LogP contribution < -0.4 is 14.2 Å². The first-order valence-electron chi connectivity index (χ1n) is 6.99. The van der Waals surface area contributed by atoms with Crippen molar-refractivity contribution >= 4 is 31.4 Å². The molecule has 0 saturated carbocycles. The minimum absolute atomic E-state index is 0.0389. The second-order valence-corrected chi connectivity index (χ2v) is 8.50. The molecule has 2 N–H and O–H groups in total. The number of nitro groups is 1. The molecule has 0 fully saturated rings. The predicted octanol–water partition coefficient (Wildman–Crippen LogP) is 1.31. The van der Waals surface area contributed by atoms with Gasteiger partial charge in [-0.1, -0.05) is 0 Å². The van der Waals surface area contributed by atoms with Crippen LogP contribution in [-0.4, -0.2) is 35.9 Å². The molecule has 2 rings (SSSR count). The first kappa shape index (κ1) is 19.6. The van der Waals surface area contributed by atoms with Crippen LogP contribution in [0.3, 0.4) is 0 Å². The van der Waals surface area contributed by atoms with Crippen molar-refractivity contribution in [2.45, 2.75) is 9.79 Å². The van der Waals surface area contributed by atoms with Gasteiger partial charge in [0.2, 0.25) is 10.0 Å². The Kier molecular flexibility index (Phi) is 5.49. The third-order valence-corrected chi connectivity index (χ3v) is 6.15. The predicted molar refractivity (Wildman–Crippen MR) is 93.1 cm³/mol. The molecule has 2 aromatic carbocycles. The molecule has 0 aliphatic carbocycles. The maximum absolute atomic E-state index is 12.4. The van der Waals surface area contributed by atoms with Crippen LogP contribution in [0, 0.1) is 10.1 Å². The largest absolute Gasteiger partial charge is 0.490 e. The van der Waals surface area contributed by atoms with Crippen molar-refractivity contribution in [2.24, 2.45) is 0 Å². The summed E-state index contributed by atoms with van der Waals surface area (Å²) in [4.78, 5) is 9.90. The number of nitrogens with zero attached hydrogens (tertiary/aromatic N) is 1. The molecule has 0 aliphatic heterocycles. The number of hydrogen-bond acceptors (Lipinski definition) is 7. The molecule has 0 radical (unpaired) electrons. The Morgan fingerprint density at radius 2 is 1.54 bits per heavy atom. The molecule has 12 heteroatoms. The van der Waals surface area contributed by atoms with Gasteiger partial charge in [0, 0.05) is 11.8 Å². The summed E-state index contributed by atoms with van der Waals surface area (Å²) in [5.74, 6) is -0.0735. The monoisotopic (exact) mass is 401 g/mol. The van der Waals surface area contributed by atoms with E-state index in [0.29, 0.717) is 0 Å². The van der Waals surface area contributed by atoms with Gasteiger partial charge in [-0.25, -0.2) is 21.6 Å². The zero-order valence-corrected chi connectivity index (χ0v) is 15.3. The number of ether oxygens (including phenoxy) is 1. The van der Waals surface area contributed by atoms with E-state index in [9.17, 15) is 26.9 Å². The second-order valence-electron chi connectivity index (χ2n) is 4.93. The molecule has 0 aliphatic rings. The van der Waals surface area contributed by atoms with Crippen molar-refractivity contribution in [3.8, 4) is 5.75 Å². The van der Waals surface area contributed by atoms with E-state index in [1.165, 1.54) is 44.5 Å². The Labute approximate surface area is 150 Å². The highest BCUT2D eigenvalue weighted by Gasteiger charge is 2.22. The van der Waals surface area contributed by atoms with Gasteiger partial charge in [0.1, 0.15) is 0 Å². The zero-order valence-electron chi connectivity index (χ0n) is 13.7. The number of methoxy groups -OCH3 is 1. The number of nitro benzene ring substituents is 1. The summed E-state index contributed by atoms with van der Waals surface area (Å²) in [5, 5.41) is 11.0. The van der Waals surface area contributed by atoms with Crippen LogP contribution in [0.15, 0.2) is 52.3 Å². The van der Waals surface area contributed by atoms with Gasteiger partial charge in [-0.05, 0) is 43.4 Å². The Balaban J connectivity index is 2.35. The van der Waals surface area contributed by atoms with Crippen molar-refractivity contribution < 1.29 is 26.5 Å². The molecule has 26 heavy (non-hydrogen) atoms. The van der Waals surface area contributed by atoms with E-state index in [-0.39, 0.29) is 21.2 Å². The van der Waals surface area contributed by atoms with Crippen LogP contribution in [-0.2, 0) is 20.0 Å². The van der Waals surface area contributed by atoms with Crippen molar-refractivity contribution in [2.75, 3.05) is 18.9 Å². The van der Waals surface area contributed by atoms with E-state index in [0.717, 1.165) is 12.1 Å². The Bertz CT molecular complexity index is 1030. The number of sulfonamides is 2. The maximum Gasteiger partial charge on any atom is 0.312 e. The molecule has 140 valence electrons. The third-order valence-electron chi connectivity index (χ3n) is 3.34. The quantitative estimate of drug-likeness (QED) is 0.525. The lowest BCUT2D eigenvalue weighted by Crippen LogP contribution is -2.18. The van der Waals surface area contributed by atoms with E-state index in [2.05, 4.69) is 9.44 Å². The van der Waals surface area contributed by atoms with Crippen LogP contribution in [0.5, 0.6) is 5.75 Å². The number of benzene rings is 2. The Hall–Kier alpha value is -2.70. The maximum atomic E-state index is 12.4. The molecular weight excluding hydrogens is 386 g/mol. The van der Waals surface area contributed by atoms with Crippen molar-refractivity contribution in [3.05, 3.63) is 52.6 Å². The molecule has 0 unspecified atom stereocenters. The third kappa shape index (κ3) is 4.09. The highest BCUT2D eigenvalue weighted by Crippen LogP contribution is 2.30. The number of nitrogens with one attached hydrogen (secondary N) is 2. The Morgan fingerprint density at radius 3 is 2.04 bits per heavy atom. The summed E-state index contributed by atoms with van der Waals surface area (Å²) < 4.78 is 57.3. The Morgan fingerprint density at radius 1 is 0.962 bits per heavy atom. The van der Waals surface area contributed by atoms with E-state index >= 15 is 0 Å². The molecule has 0 bridgehead atoms. The van der Waals surface area contributed by atoms with Crippen molar-refractivity contribution in [1.29, 1.82) is 0 Å². The van der Waals surface area contributed by atoms with Gasteiger partial charge in [0.15, 0.2) is 5.75 Å². The van der Waals surface area contributed by atoms with Gasteiger partial charge in [0.05, 0.1) is 21.8 Å². The zero-order chi connectivity index (χ0) is 19.5. The smallest absolute Gasteiger partial charge is 0.312 e. The van der Waals surface area contributed by atoms with Crippen LogP contribution in [0.2, 0.25) is 0 Å². The summed E-state index contributed by atoms with van der Waals surface area (Å²) >= 11 is 0. The van der Waals surface area contributed by atoms with E-state index < -0.39 is 30.7 Å². The van der Waals surface area contributed by atoms with Gasteiger partial charge < -0.3 is 4.74 Å². The second kappa shape index (κ2) is 7.27. The van der Waals surface area contributed by atoms with Crippen LogP contribution in [0.1, 0.15) is 0 Å². The average Bonchev–Trinajstić information content (AvgIpc) is 2.61. The highest BCUT2D eigenvalue weighted by molar-refractivity contribution is 7.92. The van der Waals surface area contributed by atoms with Crippen LogP contribution in [0.4, 0.5) is 11.4 Å². The number of hydrogen-bond donors (Lipinski definition) is 2. The number of rotatable bonds is 7. The molecule has 10 nitrogen and oxygen atoms in total. The van der Waals surface area contributed by atoms with Gasteiger partial charge in [0.25, 0.3) is 10.0 Å². The summed E-state index contributed by atoms with van der Waals surface area (Å²) in [6.07, 6.45) is 0. The van der Waals surface area contributed by atoms with Gasteiger partial charge in [-0.15, -0.1) is 0 Å². The van der Waals surface area contributed by atoms with Gasteiger partial charge >= 0.3 is 5.69 Å². The lowest BCUT2D eigenvalue weighted by Gasteiger charge is -2.10. The lowest BCUT2D eigenvalue weighted by molar-refractivity contribution is -0.386. The van der Waals surface area contributed by atoms with Crippen LogP contribution in [0.25, 0.3) is 0 Å². The molecule has 0 saturated heterocycles. The molecular formula is C14H15N3O7S2. The number of anilines is 1. The SMILES string of the molecule is CNS(=O)(=O)c1ccc(NS(=O)(=O)c2ccc(OC)c([N+](=O)[O-])c2)cc1. The summed E-state index contributed by atoms with van der Waals surface area (Å²) in [5.41, 5.74) is -0.399. The molecule has 0 atom stereocenters. The molecule has 0 spiro atoms. The molecule has 2 aromatic rings. The summed E-state index contributed by atoms with van der Waals surface area (Å²) in [7, 11) is -5.29. The molecule has 0 heterocycles. The fraction of sp³-hybridized carbons (Fsp3) is 0.143. The fourth-order valence-corrected chi connectivity index (χ4v) is 3.82. The molecule has 0 aromatic heterocycles. The summed E-state index contributed by atoms with van der Waals surface area (Å²) in [6, 6.07) is 8.18. The first-order chi connectivity index (χ1) is 12.1. The first-order valence-corrected chi connectivity index (χ1v) is 9.96. The van der Waals surface area contributed by atoms with Crippen molar-refractivity contribution in [1.82, 2.24) is 4.72 Å². The topological polar surface area (TPSA) is 145 Å². The van der Waals surface area contributed by atoms with Gasteiger partial charge in [-0.2, -0.15) is 0 Å². The van der Waals surface area contributed by atoms with E-state index in [1.807, 2.05) is 0 Å². The minimum atomic E-state index is -4.12. The average molecular weight is 401 g/mol. The summed E-state index contributed by atoms with van der Waals surface area (Å²) in [6.45, 7) is 0. The van der Waals surface area contributed by atoms with Gasteiger partial charge in [-0.3, -0.25) is 14.8 Å². The minimum Gasteiger partial charge on any atom is -0.490 e. The highest BCUT2D eigenvalue weighted by atomic mass is 32.2. The van der Waals surface area contributed by atoms with Crippen molar-refractivity contribution in [3.63, 3.8) is 0 Å². The normalized spacial score (nSPS) is 11.8.